The van der Waals surface area contributed by atoms with Crippen molar-refractivity contribution < 1.29 is 5.11 Å². The van der Waals surface area contributed by atoms with Crippen molar-refractivity contribution >= 4 is 16.7 Å². The minimum absolute atomic E-state index is 0.0995. The largest absolute Gasteiger partial charge is 0.391 e. The summed E-state index contributed by atoms with van der Waals surface area (Å²) in [5.41, 5.74) is -0.0995. The van der Waals surface area contributed by atoms with E-state index in [9.17, 15) is 5.11 Å². The second-order valence-corrected chi connectivity index (χ2v) is 4.79. The van der Waals surface area contributed by atoms with Crippen LogP contribution < -0.4 is 5.32 Å². The van der Waals surface area contributed by atoms with E-state index in [2.05, 4.69) is 14.7 Å². The van der Waals surface area contributed by atoms with Crippen molar-refractivity contribution in [3.63, 3.8) is 0 Å². The third-order valence-electron chi connectivity index (χ3n) is 1.81. The lowest BCUT2D eigenvalue weighted by molar-refractivity contribution is 0.0746. The molecule has 0 bridgehead atoms. The van der Waals surface area contributed by atoms with E-state index in [1.165, 1.54) is 17.9 Å². The summed E-state index contributed by atoms with van der Waals surface area (Å²) in [6.45, 7) is 6.51. The molecule has 0 spiro atoms. The molecule has 1 aromatic heterocycles. The maximum atomic E-state index is 9.68. The van der Waals surface area contributed by atoms with Crippen molar-refractivity contribution in [3.05, 3.63) is 6.33 Å². The van der Waals surface area contributed by atoms with Crippen molar-refractivity contribution in [2.45, 2.75) is 26.9 Å². The van der Waals surface area contributed by atoms with Gasteiger partial charge in [-0.25, -0.2) is 4.98 Å². The van der Waals surface area contributed by atoms with Gasteiger partial charge in [0.15, 0.2) is 0 Å². The number of nitrogens with zero attached hydrogens (tertiary/aromatic N) is 2. The van der Waals surface area contributed by atoms with Crippen LogP contribution in [0.3, 0.4) is 0 Å². The zero-order valence-electron chi connectivity index (χ0n) is 8.11. The predicted molar refractivity (Wildman–Crippen MR) is 53.9 cm³/mol. The van der Waals surface area contributed by atoms with Crippen molar-refractivity contribution in [1.29, 1.82) is 0 Å². The summed E-state index contributed by atoms with van der Waals surface area (Å²) in [6.07, 6.45) is 1.12. The van der Waals surface area contributed by atoms with Crippen LogP contribution >= 0.6 is 11.5 Å². The fourth-order valence-corrected chi connectivity index (χ4v) is 1.18. The third kappa shape index (κ3) is 3.28. The van der Waals surface area contributed by atoms with Gasteiger partial charge in [0.1, 0.15) is 6.33 Å². The van der Waals surface area contributed by atoms with E-state index in [0.29, 0.717) is 6.54 Å². The van der Waals surface area contributed by atoms with Gasteiger partial charge >= 0.3 is 0 Å². The molecule has 1 rings (SSSR count). The highest BCUT2D eigenvalue weighted by molar-refractivity contribution is 7.09. The summed E-state index contributed by atoms with van der Waals surface area (Å²) in [4.78, 5) is 3.96. The van der Waals surface area contributed by atoms with Gasteiger partial charge in [0, 0.05) is 18.1 Å². The number of hydrogen-bond acceptors (Lipinski definition) is 5. The molecule has 13 heavy (non-hydrogen) atoms. The van der Waals surface area contributed by atoms with Gasteiger partial charge in [0.25, 0.3) is 0 Å². The maximum Gasteiger partial charge on any atom is 0.202 e. The van der Waals surface area contributed by atoms with E-state index in [-0.39, 0.29) is 11.5 Å². The number of aliphatic hydroxyl groups excluding tert-OH is 1. The zero-order chi connectivity index (χ0) is 9.90. The normalized spacial score (nSPS) is 14.2. The first-order chi connectivity index (χ1) is 6.00. The molecule has 0 aromatic carbocycles. The van der Waals surface area contributed by atoms with Crippen LogP contribution in [0.15, 0.2) is 6.33 Å². The lowest BCUT2D eigenvalue weighted by atomic mass is 9.89. The van der Waals surface area contributed by atoms with Crippen molar-refractivity contribution in [2.75, 3.05) is 11.9 Å². The summed E-state index contributed by atoms with van der Waals surface area (Å²) < 4.78 is 3.85. The monoisotopic (exact) mass is 201 g/mol. The fraction of sp³-hybridized carbons (Fsp3) is 0.750. The molecule has 0 aliphatic heterocycles. The van der Waals surface area contributed by atoms with E-state index in [0.717, 1.165) is 5.13 Å². The van der Waals surface area contributed by atoms with Gasteiger partial charge < -0.3 is 10.4 Å². The van der Waals surface area contributed by atoms with Crippen LogP contribution in [0.2, 0.25) is 0 Å². The Labute approximate surface area is 82.2 Å². The third-order valence-corrected chi connectivity index (χ3v) is 2.43. The van der Waals surface area contributed by atoms with Crippen molar-refractivity contribution in [1.82, 2.24) is 9.36 Å². The topological polar surface area (TPSA) is 58.0 Å². The molecule has 1 unspecified atom stereocenters. The van der Waals surface area contributed by atoms with Crippen LogP contribution in [0.1, 0.15) is 20.8 Å². The Morgan fingerprint density at radius 2 is 2.31 bits per heavy atom. The van der Waals surface area contributed by atoms with Gasteiger partial charge in [-0.2, -0.15) is 4.37 Å². The molecule has 0 saturated heterocycles. The molecule has 1 aromatic rings. The van der Waals surface area contributed by atoms with Crippen molar-refractivity contribution in [2.24, 2.45) is 5.41 Å². The molecule has 5 heteroatoms. The first-order valence-electron chi connectivity index (χ1n) is 4.19. The number of aromatic nitrogens is 2. The van der Waals surface area contributed by atoms with E-state index < -0.39 is 0 Å². The lowest BCUT2D eigenvalue weighted by Gasteiger charge is -2.25. The van der Waals surface area contributed by atoms with Crippen LogP contribution in [0, 0.1) is 5.41 Å². The van der Waals surface area contributed by atoms with Gasteiger partial charge in [0.2, 0.25) is 5.13 Å². The minimum atomic E-state index is -0.378. The van der Waals surface area contributed by atoms with Crippen LogP contribution in [0.5, 0.6) is 0 Å². The van der Waals surface area contributed by atoms with E-state index in [1.807, 2.05) is 20.8 Å². The Bertz CT molecular complexity index is 242. The maximum absolute atomic E-state index is 9.68. The molecule has 2 N–H and O–H groups in total. The molecule has 0 aliphatic rings. The van der Waals surface area contributed by atoms with Gasteiger partial charge in [-0.05, 0) is 5.41 Å². The Morgan fingerprint density at radius 1 is 1.62 bits per heavy atom. The Hall–Kier alpha value is -0.680. The average molecular weight is 201 g/mol. The molecule has 4 nitrogen and oxygen atoms in total. The van der Waals surface area contributed by atoms with Crippen molar-refractivity contribution in [3.8, 4) is 0 Å². The molecule has 74 valence electrons. The van der Waals surface area contributed by atoms with E-state index >= 15 is 0 Å². The Balaban J connectivity index is 2.35. The minimum Gasteiger partial charge on any atom is -0.391 e. The molecule has 0 amide bonds. The number of hydrogen-bond donors (Lipinski definition) is 2. The van der Waals surface area contributed by atoms with Crippen LogP contribution in [0.25, 0.3) is 0 Å². The second kappa shape index (κ2) is 4.02. The van der Waals surface area contributed by atoms with Gasteiger partial charge in [0.05, 0.1) is 6.10 Å². The molecule has 1 heterocycles. The van der Waals surface area contributed by atoms with Crippen LogP contribution in [-0.2, 0) is 0 Å². The summed E-state index contributed by atoms with van der Waals surface area (Å²) in [6, 6.07) is 0. The summed E-state index contributed by atoms with van der Waals surface area (Å²) in [5.74, 6) is 0. The predicted octanol–water partition coefficient (Wildman–Crippen LogP) is 1.36. The summed E-state index contributed by atoms with van der Waals surface area (Å²) in [7, 11) is 0. The summed E-state index contributed by atoms with van der Waals surface area (Å²) >= 11 is 1.29. The number of rotatable bonds is 3. The average Bonchev–Trinajstić information content (AvgIpc) is 2.50. The Kier molecular flexibility index (Phi) is 3.22. The first-order valence-corrected chi connectivity index (χ1v) is 4.96. The molecule has 0 fully saturated rings. The van der Waals surface area contributed by atoms with Gasteiger partial charge in [-0.3, -0.25) is 0 Å². The van der Waals surface area contributed by atoms with Crippen LogP contribution in [0.4, 0.5) is 5.13 Å². The first kappa shape index (κ1) is 10.4. The van der Waals surface area contributed by atoms with E-state index in [1.54, 1.807) is 0 Å². The molecule has 1 atom stereocenters. The quantitative estimate of drug-likeness (QED) is 0.775. The number of nitrogens with one attached hydrogen (secondary N) is 1. The number of aliphatic hydroxyl groups is 1. The molecule has 0 aliphatic carbocycles. The van der Waals surface area contributed by atoms with Gasteiger partial charge in [-0.1, -0.05) is 20.8 Å². The smallest absolute Gasteiger partial charge is 0.202 e. The molecular weight excluding hydrogens is 186 g/mol. The van der Waals surface area contributed by atoms with Gasteiger partial charge in [-0.15, -0.1) is 0 Å². The van der Waals surface area contributed by atoms with E-state index in [4.69, 9.17) is 0 Å². The number of anilines is 1. The Morgan fingerprint density at radius 3 is 2.77 bits per heavy atom. The molecule has 0 radical (unpaired) electrons. The zero-order valence-corrected chi connectivity index (χ0v) is 8.93. The molecule has 0 saturated carbocycles. The van der Waals surface area contributed by atoms with Crippen LogP contribution in [-0.4, -0.2) is 27.1 Å². The highest BCUT2D eigenvalue weighted by Crippen LogP contribution is 2.19. The SMILES string of the molecule is CC(C)(C)C(O)CNc1ncns1. The lowest BCUT2D eigenvalue weighted by Crippen LogP contribution is -2.32. The fourth-order valence-electron chi connectivity index (χ4n) is 0.741. The standard InChI is InChI=1S/C8H15N3OS/c1-8(2,3)6(12)4-9-7-10-5-11-13-7/h5-6,12H,4H2,1-3H3,(H,9,10,11). The second-order valence-electron chi connectivity index (χ2n) is 4.01. The molecular formula is C8H15N3OS. The highest BCUT2D eigenvalue weighted by Gasteiger charge is 2.21. The highest BCUT2D eigenvalue weighted by atomic mass is 32.1. The summed E-state index contributed by atoms with van der Waals surface area (Å²) in [5, 5.41) is 13.5.